The highest BCUT2D eigenvalue weighted by molar-refractivity contribution is 9.10. The molecule has 0 aliphatic carbocycles. The second-order valence-electron chi connectivity index (χ2n) is 3.30. The van der Waals surface area contributed by atoms with Crippen LogP contribution in [0.5, 0.6) is 0 Å². The molecule has 78 valence electrons. The number of nitrogens with two attached hydrogens (primary N) is 1. The summed E-state index contributed by atoms with van der Waals surface area (Å²) in [5, 5.41) is 12.0. The SMILES string of the molecule is CC(CCO)Nc1ccc(N)cc1Br. The van der Waals surface area contributed by atoms with Gasteiger partial charge in [-0.25, -0.2) is 0 Å². The van der Waals surface area contributed by atoms with Gasteiger partial charge in [0.2, 0.25) is 0 Å². The molecule has 0 saturated heterocycles. The van der Waals surface area contributed by atoms with E-state index in [4.69, 9.17) is 10.8 Å². The van der Waals surface area contributed by atoms with Crippen LogP contribution in [0.3, 0.4) is 0 Å². The Kier molecular flexibility index (Phi) is 4.22. The fraction of sp³-hybridized carbons (Fsp3) is 0.400. The summed E-state index contributed by atoms with van der Waals surface area (Å²) in [6, 6.07) is 5.87. The third-order valence-electron chi connectivity index (χ3n) is 1.96. The molecular formula is C10H15BrN2O. The molecule has 0 spiro atoms. The number of hydrogen-bond acceptors (Lipinski definition) is 3. The number of nitrogens with one attached hydrogen (secondary N) is 1. The van der Waals surface area contributed by atoms with E-state index in [0.29, 0.717) is 0 Å². The maximum Gasteiger partial charge on any atom is 0.0488 e. The van der Waals surface area contributed by atoms with Crippen LogP contribution < -0.4 is 11.1 Å². The van der Waals surface area contributed by atoms with Crippen molar-refractivity contribution in [3.63, 3.8) is 0 Å². The van der Waals surface area contributed by atoms with Crippen LogP contribution in [0.2, 0.25) is 0 Å². The second kappa shape index (κ2) is 5.22. The molecule has 1 rings (SSSR count). The maximum absolute atomic E-state index is 8.76. The lowest BCUT2D eigenvalue weighted by molar-refractivity contribution is 0.282. The molecule has 0 amide bonds. The Morgan fingerprint density at radius 1 is 1.57 bits per heavy atom. The van der Waals surface area contributed by atoms with Gasteiger partial charge in [-0.3, -0.25) is 0 Å². The lowest BCUT2D eigenvalue weighted by Gasteiger charge is -2.15. The molecule has 0 aliphatic heterocycles. The van der Waals surface area contributed by atoms with E-state index in [9.17, 15) is 0 Å². The molecule has 0 saturated carbocycles. The van der Waals surface area contributed by atoms with Crippen LogP contribution in [0.25, 0.3) is 0 Å². The van der Waals surface area contributed by atoms with Crippen LogP contribution in [0, 0.1) is 0 Å². The standard InChI is InChI=1S/C10H15BrN2O/c1-7(4-5-14)13-10-3-2-8(12)6-9(10)11/h2-3,6-7,13-14H,4-5,12H2,1H3. The fourth-order valence-electron chi connectivity index (χ4n) is 1.18. The molecule has 0 heterocycles. The van der Waals surface area contributed by atoms with Gasteiger partial charge in [-0.1, -0.05) is 0 Å². The zero-order valence-corrected chi connectivity index (χ0v) is 9.71. The first kappa shape index (κ1) is 11.3. The van der Waals surface area contributed by atoms with Crippen LogP contribution in [0.1, 0.15) is 13.3 Å². The first-order valence-corrected chi connectivity index (χ1v) is 5.35. The van der Waals surface area contributed by atoms with Gasteiger partial charge >= 0.3 is 0 Å². The summed E-state index contributed by atoms with van der Waals surface area (Å²) in [6.07, 6.45) is 0.733. The molecular weight excluding hydrogens is 244 g/mol. The average molecular weight is 259 g/mol. The van der Waals surface area contributed by atoms with Gasteiger partial charge in [-0.05, 0) is 47.5 Å². The van der Waals surface area contributed by atoms with Crippen molar-refractivity contribution in [2.75, 3.05) is 17.7 Å². The molecule has 0 radical (unpaired) electrons. The number of nitrogen functional groups attached to an aromatic ring is 1. The minimum atomic E-state index is 0.195. The van der Waals surface area contributed by atoms with E-state index in [-0.39, 0.29) is 12.6 Å². The van der Waals surface area contributed by atoms with Crippen LogP contribution >= 0.6 is 15.9 Å². The molecule has 0 fully saturated rings. The zero-order chi connectivity index (χ0) is 10.6. The van der Waals surface area contributed by atoms with Crippen molar-refractivity contribution >= 4 is 27.3 Å². The number of hydrogen-bond donors (Lipinski definition) is 3. The minimum absolute atomic E-state index is 0.195. The van der Waals surface area contributed by atoms with E-state index in [1.807, 2.05) is 25.1 Å². The molecule has 1 aromatic rings. The van der Waals surface area contributed by atoms with Gasteiger partial charge < -0.3 is 16.2 Å². The van der Waals surface area contributed by atoms with E-state index in [1.165, 1.54) is 0 Å². The van der Waals surface area contributed by atoms with E-state index in [1.54, 1.807) is 0 Å². The van der Waals surface area contributed by atoms with Crippen molar-refractivity contribution in [3.8, 4) is 0 Å². The molecule has 1 aromatic carbocycles. The predicted molar refractivity (Wildman–Crippen MR) is 63.3 cm³/mol. The van der Waals surface area contributed by atoms with Gasteiger partial charge in [0.15, 0.2) is 0 Å². The predicted octanol–water partition coefficient (Wildman–Crippen LogP) is 2.21. The molecule has 1 atom stereocenters. The first-order valence-electron chi connectivity index (χ1n) is 4.56. The Morgan fingerprint density at radius 3 is 2.86 bits per heavy atom. The fourth-order valence-corrected chi connectivity index (χ4v) is 1.69. The third kappa shape index (κ3) is 3.20. The highest BCUT2D eigenvalue weighted by Crippen LogP contribution is 2.25. The van der Waals surface area contributed by atoms with Crippen molar-refractivity contribution < 1.29 is 5.11 Å². The number of benzene rings is 1. The molecule has 1 unspecified atom stereocenters. The van der Waals surface area contributed by atoms with Crippen molar-refractivity contribution in [1.82, 2.24) is 0 Å². The Labute approximate surface area is 92.4 Å². The number of anilines is 2. The maximum atomic E-state index is 8.76. The van der Waals surface area contributed by atoms with Gasteiger partial charge in [0.1, 0.15) is 0 Å². The summed E-state index contributed by atoms with van der Waals surface area (Å²) in [4.78, 5) is 0. The van der Waals surface area contributed by atoms with Crippen molar-refractivity contribution in [2.45, 2.75) is 19.4 Å². The summed E-state index contributed by atoms with van der Waals surface area (Å²) in [5.74, 6) is 0. The smallest absolute Gasteiger partial charge is 0.0488 e. The van der Waals surface area contributed by atoms with Crippen molar-refractivity contribution in [2.24, 2.45) is 0 Å². The number of aliphatic hydroxyl groups excluding tert-OH is 1. The van der Waals surface area contributed by atoms with E-state index in [0.717, 1.165) is 22.3 Å². The summed E-state index contributed by atoms with van der Waals surface area (Å²) >= 11 is 3.42. The largest absolute Gasteiger partial charge is 0.399 e. The highest BCUT2D eigenvalue weighted by atomic mass is 79.9. The van der Waals surface area contributed by atoms with Gasteiger partial charge in [0.05, 0.1) is 0 Å². The van der Waals surface area contributed by atoms with Gasteiger partial charge in [0, 0.05) is 28.5 Å². The Hall–Kier alpha value is -0.740. The number of rotatable bonds is 4. The van der Waals surface area contributed by atoms with Gasteiger partial charge in [-0.15, -0.1) is 0 Å². The first-order chi connectivity index (χ1) is 6.63. The third-order valence-corrected chi connectivity index (χ3v) is 2.61. The Balaban J connectivity index is 2.67. The summed E-state index contributed by atoms with van der Waals surface area (Å²) in [7, 11) is 0. The molecule has 0 bridgehead atoms. The summed E-state index contributed by atoms with van der Waals surface area (Å²) in [5.41, 5.74) is 7.35. The van der Waals surface area contributed by atoms with Crippen LogP contribution in [-0.4, -0.2) is 17.8 Å². The average Bonchev–Trinajstić information content (AvgIpc) is 2.10. The molecule has 4 heteroatoms. The summed E-state index contributed by atoms with van der Waals surface area (Å²) < 4.78 is 0.947. The molecule has 0 aliphatic rings. The van der Waals surface area contributed by atoms with E-state index >= 15 is 0 Å². The monoisotopic (exact) mass is 258 g/mol. The highest BCUT2D eigenvalue weighted by Gasteiger charge is 2.04. The lowest BCUT2D eigenvalue weighted by atomic mass is 10.2. The van der Waals surface area contributed by atoms with Crippen LogP contribution in [0.4, 0.5) is 11.4 Å². The molecule has 3 nitrogen and oxygen atoms in total. The quantitative estimate of drug-likeness (QED) is 0.726. The molecule has 4 N–H and O–H groups in total. The van der Waals surface area contributed by atoms with Crippen molar-refractivity contribution in [3.05, 3.63) is 22.7 Å². The summed E-state index contributed by atoms with van der Waals surface area (Å²) in [6.45, 7) is 2.22. The lowest BCUT2D eigenvalue weighted by Crippen LogP contribution is -2.16. The van der Waals surface area contributed by atoms with E-state index < -0.39 is 0 Å². The normalized spacial score (nSPS) is 12.5. The number of aliphatic hydroxyl groups is 1. The van der Waals surface area contributed by atoms with Crippen LogP contribution in [0.15, 0.2) is 22.7 Å². The van der Waals surface area contributed by atoms with Crippen molar-refractivity contribution in [1.29, 1.82) is 0 Å². The van der Waals surface area contributed by atoms with Crippen LogP contribution in [-0.2, 0) is 0 Å². The number of halogens is 1. The minimum Gasteiger partial charge on any atom is -0.399 e. The Morgan fingerprint density at radius 2 is 2.29 bits per heavy atom. The topological polar surface area (TPSA) is 58.3 Å². The van der Waals surface area contributed by atoms with Gasteiger partial charge in [-0.2, -0.15) is 0 Å². The Bertz CT molecular complexity index is 304. The van der Waals surface area contributed by atoms with Gasteiger partial charge in [0.25, 0.3) is 0 Å². The molecule has 0 aromatic heterocycles. The second-order valence-corrected chi connectivity index (χ2v) is 4.15. The zero-order valence-electron chi connectivity index (χ0n) is 8.13. The molecule has 14 heavy (non-hydrogen) atoms. The van der Waals surface area contributed by atoms with E-state index in [2.05, 4.69) is 21.2 Å².